The van der Waals surface area contributed by atoms with Gasteiger partial charge in [0.1, 0.15) is 38.7 Å². The molecule has 19 heteroatoms. The first-order chi connectivity index (χ1) is 22.5. The molecule has 0 saturated heterocycles. The zero-order chi connectivity index (χ0) is 34.5. The number of thiocyanates is 2. The van der Waals surface area contributed by atoms with Gasteiger partial charge in [-0.1, -0.05) is 6.42 Å². The molecule has 0 aliphatic heterocycles. The smallest absolute Gasteiger partial charge is 0.327 e. The van der Waals surface area contributed by atoms with E-state index in [0.717, 1.165) is 47.0 Å². The molecule has 2 aromatic rings. The van der Waals surface area contributed by atoms with Crippen molar-refractivity contribution in [1.82, 2.24) is 30.6 Å². The first-order valence-corrected chi connectivity index (χ1v) is 17.7. The molecule has 1 aliphatic rings. The van der Waals surface area contributed by atoms with Gasteiger partial charge in [-0.05, 0) is 12.8 Å². The molecule has 3 rings (SSSR count). The second-order valence-electron chi connectivity index (χ2n) is 10.1. The van der Waals surface area contributed by atoms with Crippen LogP contribution in [-0.2, 0) is 24.0 Å². The van der Waals surface area contributed by atoms with Gasteiger partial charge in [-0.2, -0.15) is 10.5 Å². The first-order valence-electron chi connectivity index (χ1n) is 14.0. The molecule has 1 aliphatic carbocycles. The maximum Gasteiger partial charge on any atom is 0.327 e. The van der Waals surface area contributed by atoms with Gasteiger partial charge in [0.15, 0.2) is 0 Å². The molecular weight excluding hydrogens is 689 g/mol. The number of hydrogen-bond donors (Lipinski definition) is 4. The number of hydrogen-bond acceptors (Lipinski definition) is 15. The van der Waals surface area contributed by atoms with Gasteiger partial charge in [0.05, 0.1) is 21.9 Å². The molecule has 47 heavy (non-hydrogen) atoms. The fourth-order valence-corrected chi connectivity index (χ4v) is 9.07. The van der Waals surface area contributed by atoms with Crippen LogP contribution in [0.4, 0.5) is 0 Å². The maximum atomic E-state index is 14.6. The molecule has 4 unspecified atom stereocenters. The zero-order valence-corrected chi connectivity index (χ0v) is 28.3. The number of carboxylic acid groups (broad SMARTS) is 2. The van der Waals surface area contributed by atoms with E-state index >= 15 is 0 Å². The van der Waals surface area contributed by atoms with Gasteiger partial charge >= 0.3 is 11.9 Å². The summed E-state index contributed by atoms with van der Waals surface area (Å²) in [5.74, 6) is -5.60. The third-order valence-electron chi connectivity index (χ3n) is 6.93. The van der Waals surface area contributed by atoms with Crippen LogP contribution in [0.25, 0.3) is 0 Å². The normalized spacial score (nSPS) is 18.4. The van der Waals surface area contributed by atoms with E-state index in [4.69, 9.17) is 0 Å². The van der Waals surface area contributed by atoms with Gasteiger partial charge in [0, 0.05) is 85.5 Å². The predicted molar refractivity (Wildman–Crippen MR) is 174 cm³/mol. The molecule has 2 amide bonds. The van der Waals surface area contributed by atoms with Gasteiger partial charge in [0.25, 0.3) is 0 Å². The first kappa shape index (κ1) is 37.5. The average molecular weight is 719 g/mol. The van der Waals surface area contributed by atoms with E-state index in [1.807, 2.05) is 10.8 Å². The van der Waals surface area contributed by atoms with Crippen molar-refractivity contribution >= 4 is 76.6 Å². The Morgan fingerprint density at radius 3 is 1.51 bits per heavy atom. The van der Waals surface area contributed by atoms with Gasteiger partial charge in [-0.25, -0.2) is 19.6 Å². The Bertz CT molecular complexity index is 1460. The number of nitrogens with one attached hydrogen (secondary N) is 2. The Hall–Kier alpha value is -3.91. The van der Waals surface area contributed by atoms with E-state index in [2.05, 4.69) is 30.6 Å². The third kappa shape index (κ3) is 10.5. The predicted octanol–water partition coefficient (Wildman–Crippen LogP) is 2.83. The lowest BCUT2D eigenvalue weighted by Crippen LogP contribution is -2.42. The quantitative estimate of drug-likeness (QED) is 0.144. The van der Waals surface area contributed by atoms with E-state index in [-0.39, 0.29) is 27.3 Å². The van der Waals surface area contributed by atoms with Crippen LogP contribution in [0, 0.1) is 33.2 Å². The number of ketones is 1. The summed E-state index contributed by atoms with van der Waals surface area (Å²) in [7, 11) is 0. The summed E-state index contributed by atoms with van der Waals surface area (Å²) >= 11 is 3.71. The van der Waals surface area contributed by atoms with Crippen LogP contribution >= 0.6 is 47.0 Å². The fraction of sp³-hybridized carbons (Fsp3) is 0.464. The summed E-state index contributed by atoms with van der Waals surface area (Å²) in [4.78, 5) is 79.3. The van der Waals surface area contributed by atoms with Crippen LogP contribution in [0.15, 0.2) is 34.8 Å². The van der Waals surface area contributed by atoms with Crippen molar-refractivity contribution in [3.8, 4) is 10.8 Å². The highest BCUT2D eigenvalue weighted by atomic mass is 32.2. The Morgan fingerprint density at radius 1 is 0.787 bits per heavy atom. The number of nitrogens with zero attached hydrogens (tertiary/aromatic N) is 6. The molecule has 6 atom stereocenters. The number of aliphatic carboxylic acids is 2. The van der Waals surface area contributed by atoms with Gasteiger partial charge in [-0.3, -0.25) is 24.4 Å². The van der Waals surface area contributed by atoms with Crippen molar-refractivity contribution in [2.24, 2.45) is 11.8 Å². The van der Waals surface area contributed by atoms with Crippen molar-refractivity contribution < 1.29 is 34.2 Å². The highest BCUT2D eigenvalue weighted by Gasteiger charge is 2.44. The second kappa shape index (κ2) is 18.4. The van der Waals surface area contributed by atoms with Gasteiger partial charge < -0.3 is 20.8 Å². The van der Waals surface area contributed by atoms with Crippen molar-refractivity contribution in [3.05, 3.63) is 36.2 Å². The van der Waals surface area contributed by atoms with Crippen molar-refractivity contribution in [2.45, 2.75) is 65.7 Å². The van der Waals surface area contributed by atoms with E-state index in [9.17, 15) is 44.7 Å². The molecule has 0 bridgehead atoms. The molecule has 0 radical (unpaired) electrons. The topological polar surface area (TPSA) is 249 Å². The fourth-order valence-electron chi connectivity index (χ4n) is 5.04. The number of amides is 2. The van der Waals surface area contributed by atoms with E-state index < -0.39 is 58.2 Å². The number of rotatable bonds is 16. The van der Waals surface area contributed by atoms with Gasteiger partial charge in [0.2, 0.25) is 11.8 Å². The third-order valence-corrected chi connectivity index (χ3v) is 11.0. The number of carbonyl (C=O) groups excluding carboxylic acids is 3. The number of aromatic nitrogens is 4. The summed E-state index contributed by atoms with van der Waals surface area (Å²) < 4.78 is 0. The number of nitriles is 2. The highest BCUT2D eigenvalue weighted by molar-refractivity contribution is 8.04. The summed E-state index contributed by atoms with van der Waals surface area (Å²) in [5.41, 5.74) is 0.632. The van der Waals surface area contributed by atoms with E-state index in [1.54, 1.807) is 0 Å². The second-order valence-corrected chi connectivity index (χ2v) is 14.0. The minimum atomic E-state index is -1.27. The standard InChI is InChI=1S/C28H30N8O7S4/c1-14(37)35-18(27(40)41)10-44-23(20-25(46-12-29)33-8-6-31-20)16-4-3-5-17(22(16)39)24(21-26(47-13-30)34-9-7-32-21)45-11-19(28(42)43)36-15(2)38/h6-9,16-19,23-24H,3-5,10-11H2,1-2H3,(H,35,37)(H,36,38)(H,40,41)(H,42,43)/t16?,17?,18-,19-,23?,24?/m0/s1. The minimum Gasteiger partial charge on any atom is -0.480 e. The lowest BCUT2D eigenvalue weighted by molar-refractivity contribution is -0.141. The zero-order valence-electron chi connectivity index (χ0n) is 25.1. The lowest BCUT2D eigenvalue weighted by Gasteiger charge is -2.37. The van der Waals surface area contributed by atoms with Crippen molar-refractivity contribution in [2.75, 3.05) is 11.5 Å². The lowest BCUT2D eigenvalue weighted by atomic mass is 9.76. The molecule has 4 N–H and O–H groups in total. The van der Waals surface area contributed by atoms with Crippen LogP contribution in [0.2, 0.25) is 0 Å². The summed E-state index contributed by atoms with van der Waals surface area (Å²) in [6.45, 7) is 2.39. The summed E-state index contributed by atoms with van der Waals surface area (Å²) in [6, 6.07) is -2.54. The summed E-state index contributed by atoms with van der Waals surface area (Å²) in [5, 5.41) is 46.0. The maximum absolute atomic E-state index is 14.6. The van der Waals surface area contributed by atoms with E-state index in [1.165, 1.54) is 38.6 Å². The largest absolute Gasteiger partial charge is 0.480 e. The Balaban J connectivity index is 2.07. The Morgan fingerprint density at radius 2 is 1.17 bits per heavy atom. The van der Waals surface area contributed by atoms with Gasteiger partial charge in [-0.15, -0.1) is 23.5 Å². The molecule has 0 aromatic carbocycles. The Labute approximate surface area is 286 Å². The number of thioether (sulfide) groups is 4. The minimum absolute atomic E-state index is 0.121. The average Bonchev–Trinajstić information content (AvgIpc) is 3.02. The highest BCUT2D eigenvalue weighted by Crippen LogP contribution is 2.50. The molecule has 248 valence electrons. The molecule has 15 nitrogen and oxygen atoms in total. The van der Waals surface area contributed by atoms with Crippen LogP contribution < -0.4 is 10.6 Å². The van der Waals surface area contributed by atoms with Crippen LogP contribution in [0.3, 0.4) is 0 Å². The SMILES string of the molecule is CC(=O)N[C@@H](CSC(c1nccnc1SC#N)C1CCCC(C(SC[C@H](NC(C)=O)C(=O)O)c2nccnc2SC#N)C1=O)C(=O)O. The van der Waals surface area contributed by atoms with Crippen LogP contribution in [0.1, 0.15) is 55.0 Å². The molecule has 0 spiro atoms. The molecule has 1 saturated carbocycles. The van der Waals surface area contributed by atoms with Crippen molar-refractivity contribution in [1.29, 1.82) is 10.5 Å². The molecule has 2 aromatic heterocycles. The summed E-state index contributed by atoms with van der Waals surface area (Å²) in [6.07, 6.45) is 6.94. The number of carboxylic acids is 2. The Kier molecular flexibility index (Phi) is 14.7. The van der Waals surface area contributed by atoms with E-state index in [0.29, 0.717) is 30.7 Å². The number of carbonyl (C=O) groups is 5. The molecule has 2 heterocycles. The van der Waals surface area contributed by atoms with Crippen LogP contribution in [-0.4, -0.2) is 83.3 Å². The van der Waals surface area contributed by atoms with Crippen molar-refractivity contribution in [3.63, 3.8) is 0 Å². The molecular formula is C28H30N8O7S4. The van der Waals surface area contributed by atoms with Crippen LogP contribution in [0.5, 0.6) is 0 Å². The molecule has 1 fully saturated rings. The monoisotopic (exact) mass is 718 g/mol. The number of Topliss-reactive ketones (excluding diaryl/α,β-unsaturated/α-hetero) is 1.